The molecule has 1 aromatic carbocycles. The summed E-state index contributed by atoms with van der Waals surface area (Å²) in [5.41, 5.74) is 4.60. The number of para-hydroxylation sites is 2. The van der Waals surface area contributed by atoms with Gasteiger partial charge >= 0.3 is 0 Å². The van der Waals surface area contributed by atoms with E-state index in [1.54, 1.807) is 0 Å². The van der Waals surface area contributed by atoms with Crippen molar-refractivity contribution >= 4 is 27.5 Å². The molecule has 3 aromatic heterocycles. The quantitative estimate of drug-likeness (QED) is 0.633. The molecule has 4 aromatic rings. The average molecular weight is 310 g/mol. The number of H-pyrrole nitrogens is 1. The molecule has 0 aliphatic carbocycles. The maximum atomic E-state index is 12.6. The first-order chi connectivity index (χ1) is 10.7. The molecule has 6 heteroatoms. The largest absolute Gasteiger partial charge is 0.331 e. The first-order valence-electron chi connectivity index (χ1n) is 6.97. The Morgan fingerprint density at radius 1 is 1.23 bits per heavy atom. The Morgan fingerprint density at radius 3 is 2.95 bits per heavy atom. The first-order valence-corrected chi connectivity index (χ1v) is 8.29. The van der Waals surface area contributed by atoms with Crippen molar-refractivity contribution in [3.05, 3.63) is 60.0 Å². The van der Waals surface area contributed by atoms with Gasteiger partial charge in [-0.1, -0.05) is 18.2 Å². The fourth-order valence-corrected chi connectivity index (χ4v) is 3.62. The summed E-state index contributed by atoms with van der Waals surface area (Å²) < 4.78 is 14.6. The highest BCUT2D eigenvalue weighted by Crippen LogP contribution is 2.18. The van der Waals surface area contributed by atoms with Crippen molar-refractivity contribution < 1.29 is 4.21 Å². The second-order valence-electron chi connectivity index (χ2n) is 5.18. The molecule has 0 aliphatic heterocycles. The van der Waals surface area contributed by atoms with Gasteiger partial charge in [-0.25, -0.2) is 9.97 Å². The molecule has 5 nitrogen and oxygen atoms in total. The number of imidazole rings is 2. The van der Waals surface area contributed by atoms with Gasteiger partial charge in [-0.2, -0.15) is 0 Å². The number of benzene rings is 1. The van der Waals surface area contributed by atoms with Crippen LogP contribution >= 0.6 is 0 Å². The summed E-state index contributed by atoms with van der Waals surface area (Å²) in [6.07, 6.45) is 3.79. The topological polar surface area (TPSA) is 63.0 Å². The van der Waals surface area contributed by atoms with E-state index in [0.29, 0.717) is 10.9 Å². The Balaban J connectivity index is 1.71. The average Bonchev–Trinajstić information content (AvgIpc) is 3.12. The Morgan fingerprint density at radius 2 is 2.09 bits per heavy atom. The third-order valence-electron chi connectivity index (χ3n) is 3.67. The molecule has 0 fully saturated rings. The van der Waals surface area contributed by atoms with Crippen LogP contribution in [0.3, 0.4) is 0 Å². The zero-order chi connectivity index (χ0) is 15.1. The Kier molecular flexibility index (Phi) is 3.04. The number of aromatic nitrogens is 4. The second kappa shape index (κ2) is 5.06. The molecule has 0 radical (unpaired) electrons. The van der Waals surface area contributed by atoms with Crippen LogP contribution < -0.4 is 0 Å². The molecule has 1 N–H and O–H groups in total. The molecule has 1 unspecified atom stereocenters. The lowest BCUT2D eigenvalue weighted by molar-refractivity contribution is 0.677. The number of hydrogen-bond acceptors (Lipinski definition) is 3. The summed E-state index contributed by atoms with van der Waals surface area (Å²) in [6, 6.07) is 11.6. The van der Waals surface area contributed by atoms with Crippen LogP contribution in [-0.4, -0.2) is 23.6 Å². The summed E-state index contributed by atoms with van der Waals surface area (Å²) in [5, 5.41) is 0.506. The molecule has 0 amide bonds. The number of rotatable bonds is 3. The number of nitrogens with one attached hydrogen (secondary N) is 1. The highest BCUT2D eigenvalue weighted by Gasteiger charge is 2.13. The first kappa shape index (κ1) is 13.2. The van der Waals surface area contributed by atoms with Crippen LogP contribution in [0.5, 0.6) is 0 Å². The third kappa shape index (κ3) is 2.12. The molecular formula is C16H14N4OS. The number of fused-ring (bicyclic) bond motifs is 2. The summed E-state index contributed by atoms with van der Waals surface area (Å²) in [5.74, 6) is 0.389. The van der Waals surface area contributed by atoms with Crippen LogP contribution in [0.15, 0.2) is 53.9 Å². The predicted molar refractivity (Wildman–Crippen MR) is 86.1 cm³/mol. The van der Waals surface area contributed by atoms with Gasteiger partial charge in [0.05, 0.1) is 27.6 Å². The molecule has 110 valence electrons. The van der Waals surface area contributed by atoms with Gasteiger partial charge < -0.3 is 9.38 Å². The van der Waals surface area contributed by atoms with Crippen LogP contribution in [0.2, 0.25) is 0 Å². The maximum Gasteiger partial charge on any atom is 0.197 e. The van der Waals surface area contributed by atoms with Crippen molar-refractivity contribution in [1.82, 2.24) is 19.4 Å². The zero-order valence-electron chi connectivity index (χ0n) is 12.0. The Labute approximate surface area is 129 Å². The van der Waals surface area contributed by atoms with Crippen LogP contribution in [0.4, 0.5) is 0 Å². The lowest BCUT2D eigenvalue weighted by atomic mass is 10.3. The van der Waals surface area contributed by atoms with Crippen LogP contribution in [-0.2, 0) is 16.6 Å². The highest BCUT2D eigenvalue weighted by molar-refractivity contribution is 7.84. The fourth-order valence-electron chi connectivity index (χ4n) is 2.55. The number of aryl methyl sites for hydroxylation is 1. The van der Waals surface area contributed by atoms with E-state index in [4.69, 9.17) is 0 Å². The highest BCUT2D eigenvalue weighted by atomic mass is 32.2. The number of nitrogens with zero attached hydrogens (tertiary/aromatic N) is 3. The molecule has 4 rings (SSSR count). The van der Waals surface area contributed by atoms with Crippen LogP contribution in [0.1, 0.15) is 11.3 Å². The minimum Gasteiger partial charge on any atom is -0.331 e. The summed E-state index contributed by atoms with van der Waals surface area (Å²) in [4.78, 5) is 11.9. The van der Waals surface area contributed by atoms with Gasteiger partial charge in [-0.05, 0) is 25.1 Å². The molecule has 0 aliphatic rings. The van der Waals surface area contributed by atoms with Crippen molar-refractivity contribution in [2.75, 3.05) is 0 Å². The van der Waals surface area contributed by atoms with Gasteiger partial charge in [0.15, 0.2) is 5.16 Å². The van der Waals surface area contributed by atoms with E-state index < -0.39 is 10.8 Å². The van der Waals surface area contributed by atoms with Crippen molar-refractivity contribution in [3.63, 3.8) is 0 Å². The summed E-state index contributed by atoms with van der Waals surface area (Å²) in [7, 11) is -1.23. The van der Waals surface area contributed by atoms with Gasteiger partial charge in [-0.15, -0.1) is 0 Å². The van der Waals surface area contributed by atoms with E-state index >= 15 is 0 Å². The lowest BCUT2D eigenvalue weighted by Gasteiger charge is -2.03. The predicted octanol–water partition coefficient (Wildman–Crippen LogP) is 2.83. The van der Waals surface area contributed by atoms with Crippen molar-refractivity contribution in [2.24, 2.45) is 0 Å². The zero-order valence-corrected chi connectivity index (χ0v) is 12.8. The number of pyridine rings is 1. The van der Waals surface area contributed by atoms with Gasteiger partial charge in [0.1, 0.15) is 5.65 Å². The molecule has 22 heavy (non-hydrogen) atoms. The monoisotopic (exact) mass is 310 g/mol. The van der Waals surface area contributed by atoms with E-state index in [1.807, 2.05) is 60.1 Å². The Hall–Kier alpha value is -2.47. The van der Waals surface area contributed by atoms with Crippen LogP contribution in [0, 0.1) is 6.92 Å². The summed E-state index contributed by atoms with van der Waals surface area (Å²) in [6.45, 7) is 2.00. The fraction of sp³-hybridized carbons (Fsp3) is 0.125. The standard InChI is InChI=1S/C16H14N4OS/c1-11-9-17-15-12(5-4-8-20(11)15)10-22(21)16-18-13-6-2-3-7-14(13)19-16/h2-9H,10H2,1H3,(H,18,19). The molecule has 0 saturated heterocycles. The minimum absolute atomic E-state index is 0.389. The number of aromatic amines is 1. The smallest absolute Gasteiger partial charge is 0.197 e. The molecule has 0 spiro atoms. The van der Waals surface area contributed by atoms with Crippen molar-refractivity contribution in [3.8, 4) is 0 Å². The Bertz CT molecular complexity index is 969. The van der Waals surface area contributed by atoms with Gasteiger partial charge in [0.2, 0.25) is 0 Å². The number of hydrogen-bond donors (Lipinski definition) is 1. The molecule has 0 bridgehead atoms. The third-order valence-corrected chi connectivity index (χ3v) is 4.87. The SMILES string of the molecule is Cc1cnc2c(CS(=O)c3nc4ccccc4[nH]3)cccn12. The lowest BCUT2D eigenvalue weighted by Crippen LogP contribution is -2.01. The van der Waals surface area contributed by atoms with E-state index in [9.17, 15) is 4.21 Å². The molecule has 1 atom stereocenters. The van der Waals surface area contributed by atoms with E-state index in [2.05, 4.69) is 15.0 Å². The van der Waals surface area contributed by atoms with Crippen molar-refractivity contribution in [1.29, 1.82) is 0 Å². The molecular weight excluding hydrogens is 296 g/mol. The van der Waals surface area contributed by atoms with Crippen LogP contribution in [0.25, 0.3) is 16.7 Å². The summed E-state index contributed by atoms with van der Waals surface area (Å²) >= 11 is 0. The van der Waals surface area contributed by atoms with E-state index in [0.717, 1.165) is 27.9 Å². The van der Waals surface area contributed by atoms with Gasteiger partial charge in [-0.3, -0.25) is 4.21 Å². The van der Waals surface area contributed by atoms with Crippen molar-refractivity contribution in [2.45, 2.75) is 17.8 Å². The normalized spacial score (nSPS) is 13.0. The van der Waals surface area contributed by atoms with Gasteiger partial charge in [0.25, 0.3) is 0 Å². The van der Waals surface area contributed by atoms with E-state index in [-0.39, 0.29) is 0 Å². The van der Waals surface area contributed by atoms with Gasteiger partial charge in [0, 0.05) is 23.7 Å². The van der Waals surface area contributed by atoms with E-state index in [1.165, 1.54) is 0 Å². The molecule has 3 heterocycles. The minimum atomic E-state index is -1.23. The maximum absolute atomic E-state index is 12.6. The molecule has 0 saturated carbocycles. The second-order valence-corrected chi connectivity index (χ2v) is 6.54.